The standard InChI is InChI=1S/C10H10N3O2/c14-9(15)8-10(3-6(10)4-12-8)7-1-2-11-5-13-7/h1-2,6,8,12H,3-4H2,(H,14,15). The van der Waals surface area contributed by atoms with Crippen LogP contribution in [0.15, 0.2) is 12.3 Å². The summed E-state index contributed by atoms with van der Waals surface area (Å²) in [6.45, 7) is 0.765. The third-order valence-corrected chi connectivity index (χ3v) is 3.50. The third kappa shape index (κ3) is 1.04. The van der Waals surface area contributed by atoms with Crippen LogP contribution in [0.5, 0.6) is 0 Å². The molecule has 0 bridgehead atoms. The van der Waals surface area contributed by atoms with Crippen LogP contribution in [0.25, 0.3) is 0 Å². The number of nitrogens with zero attached hydrogens (tertiary/aromatic N) is 2. The molecule has 1 radical (unpaired) electrons. The lowest BCUT2D eigenvalue weighted by Crippen LogP contribution is -2.41. The van der Waals surface area contributed by atoms with Crippen LogP contribution in [0, 0.1) is 12.2 Å². The summed E-state index contributed by atoms with van der Waals surface area (Å²) >= 11 is 0. The van der Waals surface area contributed by atoms with Crippen LogP contribution >= 0.6 is 0 Å². The van der Waals surface area contributed by atoms with E-state index in [1.807, 2.05) is 0 Å². The van der Waals surface area contributed by atoms with Gasteiger partial charge >= 0.3 is 5.97 Å². The Labute approximate surface area is 86.6 Å². The summed E-state index contributed by atoms with van der Waals surface area (Å²) in [4.78, 5) is 18.9. The molecule has 1 saturated heterocycles. The summed E-state index contributed by atoms with van der Waals surface area (Å²) in [5.74, 6) is -0.393. The molecular formula is C10H10N3O2. The van der Waals surface area contributed by atoms with Gasteiger partial charge in [0.1, 0.15) is 6.04 Å². The van der Waals surface area contributed by atoms with Crippen molar-refractivity contribution in [3.05, 3.63) is 24.3 Å². The van der Waals surface area contributed by atoms with Crippen LogP contribution in [0.3, 0.4) is 0 Å². The minimum atomic E-state index is -0.798. The molecule has 1 aromatic rings. The molecule has 3 rings (SSSR count). The van der Waals surface area contributed by atoms with Crippen molar-refractivity contribution in [3.63, 3.8) is 0 Å². The molecule has 5 nitrogen and oxygen atoms in total. The molecule has 0 amide bonds. The smallest absolute Gasteiger partial charge is 0.321 e. The van der Waals surface area contributed by atoms with Gasteiger partial charge in [-0.25, -0.2) is 9.97 Å². The van der Waals surface area contributed by atoms with E-state index in [1.165, 1.54) is 0 Å². The number of carbonyl (C=O) groups is 1. The zero-order valence-electron chi connectivity index (χ0n) is 7.97. The van der Waals surface area contributed by atoms with Crippen LogP contribution in [-0.4, -0.2) is 33.6 Å². The summed E-state index contributed by atoms with van der Waals surface area (Å²) in [5, 5.41) is 12.1. The number of hydrogen-bond acceptors (Lipinski definition) is 4. The second-order valence-corrected chi connectivity index (χ2v) is 4.16. The lowest BCUT2D eigenvalue weighted by atomic mass is 9.92. The maximum Gasteiger partial charge on any atom is 0.321 e. The molecule has 15 heavy (non-hydrogen) atoms. The maximum absolute atomic E-state index is 11.1. The highest BCUT2D eigenvalue weighted by Gasteiger charge is 2.67. The van der Waals surface area contributed by atoms with E-state index in [9.17, 15) is 4.79 Å². The maximum atomic E-state index is 11.1. The molecule has 0 aromatic carbocycles. The largest absolute Gasteiger partial charge is 0.480 e. The van der Waals surface area contributed by atoms with E-state index >= 15 is 0 Å². The predicted molar refractivity (Wildman–Crippen MR) is 50.1 cm³/mol. The molecule has 77 valence electrons. The van der Waals surface area contributed by atoms with Gasteiger partial charge in [0, 0.05) is 11.6 Å². The van der Waals surface area contributed by atoms with E-state index in [-0.39, 0.29) is 5.41 Å². The highest BCUT2D eigenvalue weighted by molar-refractivity contribution is 5.78. The number of hydrogen-bond donors (Lipinski definition) is 2. The van der Waals surface area contributed by atoms with Gasteiger partial charge in [-0.05, 0) is 24.9 Å². The zero-order chi connectivity index (χ0) is 10.5. The van der Waals surface area contributed by atoms with Gasteiger partial charge < -0.3 is 10.4 Å². The Kier molecular flexibility index (Phi) is 1.62. The monoisotopic (exact) mass is 204 g/mol. The summed E-state index contributed by atoms with van der Waals surface area (Å²) in [5.41, 5.74) is 0.505. The van der Waals surface area contributed by atoms with Crippen molar-refractivity contribution in [2.24, 2.45) is 5.92 Å². The van der Waals surface area contributed by atoms with Crippen molar-refractivity contribution in [1.82, 2.24) is 15.3 Å². The first-order valence-electron chi connectivity index (χ1n) is 4.91. The second-order valence-electron chi connectivity index (χ2n) is 4.16. The van der Waals surface area contributed by atoms with Gasteiger partial charge in [0.2, 0.25) is 0 Å². The van der Waals surface area contributed by atoms with Gasteiger partial charge in [0.15, 0.2) is 6.33 Å². The van der Waals surface area contributed by atoms with Crippen molar-refractivity contribution in [1.29, 1.82) is 0 Å². The first kappa shape index (κ1) is 8.79. The molecule has 2 fully saturated rings. The van der Waals surface area contributed by atoms with Crippen molar-refractivity contribution >= 4 is 5.97 Å². The molecule has 2 N–H and O–H groups in total. The summed E-state index contributed by atoms with van der Waals surface area (Å²) in [6.07, 6.45) is 5.05. The minimum Gasteiger partial charge on any atom is -0.480 e. The summed E-state index contributed by atoms with van der Waals surface area (Å²) in [7, 11) is 0. The zero-order valence-corrected chi connectivity index (χ0v) is 7.97. The van der Waals surface area contributed by atoms with Crippen LogP contribution in [0.4, 0.5) is 0 Å². The van der Waals surface area contributed by atoms with Crippen molar-refractivity contribution < 1.29 is 9.90 Å². The van der Waals surface area contributed by atoms with Crippen LogP contribution in [0.1, 0.15) is 12.1 Å². The Balaban J connectivity index is 2.02. The average molecular weight is 204 g/mol. The van der Waals surface area contributed by atoms with Gasteiger partial charge in [0.25, 0.3) is 0 Å². The van der Waals surface area contributed by atoms with E-state index < -0.39 is 12.0 Å². The van der Waals surface area contributed by atoms with Gasteiger partial charge in [-0.1, -0.05) is 0 Å². The van der Waals surface area contributed by atoms with E-state index in [0.29, 0.717) is 5.92 Å². The lowest BCUT2D eigenvalue weighted by Gasteiger charge is -2.18. The summed E-state index contributed by atoms with van der Waals surface area (Å²) < 4.78 is 0. The Hall–Kier alpha value is -1.49. The Morgan fingerprint density at radius 1 is 1.73 bits per heavy atom. The molecule has 1 aliphatic carbocycles. The predicted octanol–water partition coefficient (Wildman–Crippen LogP) is -0.409. The third-order valence-electron chi connectivity index (χ3n) is 3.50. The van der Waals surface area contributed by atoms with Gasteiger partial charge in [-0.15, -0.1) is 0 Å². The van der Waals surface area contributed by atoms with Crippen molar-refractivity contribution in [2.75, 3.05) is 6.54 Å². The topological polar surface area (TPSA) is 75.1 Å². The van der Waals surface area contributed by atoms with E-state index in [0.717, 1.165) is 18.7 Å². The number of carboxylic acid groups (broad SMARTS) is 1. The van der Waals surface area contributed by atoms with E-state index in [1.54, 1.807) is 12.3 Å². The van der Waals surface area contributed by atoms with Crippen LogP contribution < -0.4 is 5.32 Å². The Morgan fingerprint density at radius 2 is 2.60 bits per heavy atom. The number of carboxylic acids is 1. The highest BCUT2D eigenvalue weighted by Crippen LogP contribution is 2.58. The molecule has 3 unspecified atom stereocenters. The van der Waals surface area contributed by atoms with Crippen LogP contribution in [0.2, 0.25) is 0 Å². The van der Waals surface area contributed by atoms with E-state index in [2.05, 4.69) is 21.6 Å². The van der Waals surface area contributed by atoms with Gasteiger partial charge in [-0.2, -0.15) is 0 Å². The SMILES string of the molecule is O=C(O)C1NCC2CC21c1ccn[c]n1. The molecule has 2 aliphatic rings. The fourth-order valence-corrected chi connectivity index (χ4v) is 2.69. The molecule has 1 aromatic heterocycles. The molecule has 1 aliphatic heterocycles. The number of rotatable bonds is 2. The number of aromatic nitrogens is 2. The van der Waals surface area contributed by atoms with Crippen molar-refractivity contribution in [3.8, 4) is 0 Å². The first-order chi connectivity index (χ1) is 7.25. The van der Waals surface area contributed by atoms with Gasteiger partial charge in [0.05, 0.1) is 5.69 Å². The minimum absolute atomic E-state index is 0.300. The lowest BCUT2D eigenvalue weighted by molar-refractivity contribution is -0.140. The average Bonchev–Trinajstić information content (AvgIpc) is 2.86. The Morgan fingerprint density at radius 3 is 3.20 bits per heavy atom. The van der Waals surface area contributed by atoms with Crippen molar-refractivity contribution in [2.45, 2.75) is 17.9 Å². The van der Waals surface area contributed by atoms with Gasteiger partial charge in [-0.3, -0.25) is 4.79 Å². The molecule has 1 saturated carbocycles. The number of nitrogens with one attached hydrogen (secondary N) is 1. The number of piperidine rings is 1. The van der Waals surface area contributed by atoms with E-state index in [4.69, 9.17) is 5.11 Å². The second kappa shape index (κ2) is 2.76. The van der Waals surface area contributed by atoms with Crippen LogP contribution in [-0.2, 0) is 10.2 Å². The Bertz CT molecular complexity index is 408. The first-order valence-corrected chi connectivity index (χ1v) is 4.91. The fourth-order valence-electron chi connectivity index (χ4n) is 2.69. The molecule has 0 spiro atoms. The molecule has 2 heterocycles. The number of fused-ring (bicyclic) bond motifs is 1. The molecular weight excluding hydrogens is 194 g/mol. The molecule has 3 atom stereocenters. The quantitative estimate of drug-likeness (QED) is 0.685. The normalized spacial score (nSPS) is 37.3. The number of aliphatic carboxylic acids is 1. The fraction of sp³-hybridized carbons (Fsp3) is 0.500. The highest BCUT2D eigenvalue weighted by atomic mass is 16.4. The molecule has 5 heteroatoms. The summed E-state index contributed by atoms with van der Waals surface area (Å²) in [6, 6.07) is 1.28.